The standard InChI is InChI=1S/C17H19BrN2O3S/c1-17(2,3)23-16(22)19-9-11(21)8-15-20-14(10-24-15)12-6-4-5-7-13(12)18/h4-7,10H,8-9H2,1-3H3,(H,19,22). The summed E-state index contributed by atoms with van der Waals surface area (Å²) < 4.78 is 6.05. The lowest BCUT2D eigenvalue weighted by atomic mass is 10.2. The van der Waals surface area contributed by atoms with Gasteiger partial charge in [0.2, 0.25) is 0 Å². The zero-order valence-electron chi connectivity index (χ0n) is 13.8. The van der Waals surface area contributed by atoms with E-state index in [1.54, 1.807) is 20.8 Å². The highest BCUT2D eigenvalue weighted by atomic mass is 79.9. The van der Waals surface area contributed by atoms with Gasteiger partial charge in [-0.1, -0.05) is 34.1 Å². The predicted octanol–water partition coefficient (Wildman–Crippen LogP) is 4.21. The van der Waals surface area contributed by atoms with Gasteiger partial charge in [-0.2, -0.15) is 0 Å². The van der Waals surface area contributed by atoms with E-state index in [0.29, 0.717) is 0 Å². The molecule has 1 N–H and O–H groups in total. The van der Waals surface area contributed by atoms with Crippen molar-refractivity contribution in [1.29, 1.82) is 0 Å². The molecule has 1 amide bonds. The SMILES string of the molecule is CC(C)(C)OC(=O)NCC(=O)Cc1nc(-c2ccccc2Br)cs1. The average molecular weight is 411 g/mol. The minimum atomic E-state index is -0.594. The van der Waals surface area contributed by atoms with Gasteiger partial charge in [-0.05, 0) is 26.8 Å². The van der Waals surface area contributed by atoms with Crippen molar-refractivity contribution in [1.82, 2.24) is 10.3 Å². The molecule has 5 nitrogen and oxygen atoms in total. The lowest BCUT2D eigenvalue weighted by molar-refractivity contribution is -0.117. The van der Waals surface area contributed by atoms with Crippen molar-refractivity contribution in [2.45, 2.75) is 32.8 Å². The number of halogens is 1. The summed E-state index contributed by atoms with van der Waals surface area (Å²) in [4.78, 5) is 28.0. The molecule has 0 bridgehead atoms. The first-order valence-electron chi connectivity index (χ1n) is 7.42. The Bertz CT molecular complexity index is 737. The Morgan fingerprint density at radius 2 is 2.00 bits per heavy atom. The summed E-state index contributed by atoms with van der Waals surface area (Å²) in [5.41, 5.74) is 1.23. The minimum Gasteiger partial charge on any atom is -0.444 e. The number of Topliss-reactive ketones (excluding diaryl/α,β-unsaturated/α-hetero) is 1. The quantitative estimate of drug-likeness (QED) is 0.801. The molecule has 1 aromatic carbocycles. The normalized spacial score (nSPS) is 11.2. The fourth-order valence-corrected chi connectivity index (χ4v) is 3.21. The van der Waals surface area contributed by atoms with Crippen LogP contribution in [-0.4, -0.2) is 29.0 Å². The van der Waals surface area contributed by atoms with Crippen LogP contribution in [0.25, 0.3) is 11.3 Å². The van der Waals surface area contributed by atoms with Gasteiger partial charge < -0.3 is 10.1 Å². The highest BCUT2D eigenvalue weighted by Gasteiger charge is 2.17. The first kappa shape index (κ1) is 18.6. The number of nitrogens with zero attached hydrogens (tertiary/aromatic N) is 1. The third-order valence-electron chi connectivity index (χ3n) is 2.88. The molecule has 0 aliphatic carbocycles. The molecule has 0 saturated heterocycles. The number of rotatable bonds is 5. The monoisotopic (exact) mass is 410 g/mol. The van der Waals surface area contributed by atoms with E-state index >= 15 is 0 Å². The first-order chi connectivity index (χ1) is 11.2. The topological polar surface area (TPSA) is 68.3 Å². The fraction of sp³-hybridized carbons (Fsp3) is 0.353. The van der Waals surface area contributed by atoms with Crippen molar-refractivity contribution in [3.05, 3.63) is 39.1 Å². The van der Waals surface area contributed by atoms with Gasteiger partial charge in [-0.3, -0.25) is 4.79 Å². The average Bonchev–Trinajstić information content (AvgIpc) is 2.92. The number of hydrogen-bond donors (Lipinski definition) is 1. The molecule has 0 fully saturated rings. The molecule has 0 aliphatic heterocycles. The van der Waals surface area contributed by atoms with Crippen LogP contribution < -0.4 is 5.32 Å². The van der Waals surface area contributed by atoms with E-state index in [4.69, 9.17) is 4.74 Å². The molecular weight excluding hydrogens is 392 g/mol. The lowest BCUT2D eigenvalue weighted by Crippen LogP contribution is -2.35. The number of aromatic nitrogens is 1. The highest BCUT2D eigenvalue weighted by molar-refractivity contribution is 9.10. The summed E-state index contributed by atoms with van der Waals surface area (Å²) in [7, 11) is 0. The molecule has 7 heteroatoms. The summed E-state index contributed by atoms with van der Waals surface area (Å²) in [6.45, 7) is 5.24. The van der Waals surface area contributed by atoms with Gasteiger partial charge in [-0.15, -0.1) is 11.3 Å². The van der Waals surface area contributed by atoms with E-state index in [1.165, 1.54) is 11.3 Å². The molecule has 0 spiro atoms. The highest BCUT2D eigenvalue weighted by Crippen LogP contribution is 2.28. The molecule has 24 heavy (non-hydrogen) atoms. The number of ether oxygens (including phenoxy) is 1. The molecule has 2 rings (SSSR count). The Kier molecular flexibility index (Phi) is 6.12. The number of carbonyl (C=O) groups excluding carboxylic acids is 2. The lowest BCUT2D eigenvalue weighted by Gasteiger charge is -2.19. The van der Waals surface area contributed by atoms with Crippen molar-refractivity contribution >= 4 is 39.1 Å². The maximum absolute atomic E-state index is 12.0. The molecule has 1 aromatic heterocycles. The van der Waals surface area contributed by atoms with Crippen LogP contribution in [0.5, 0.6) is 0 Å². The van der Waals surface area contributed by atoms with Crippen LogP contribution in [0.4, 0.5) is 4.79 Å². The Hall–Kier alpha value is -1.73. The Morgan fingerprint density at radius 3 is 2.67 bits per heavy atom. The maximum Gasteiger partial charge on any atom is 0.408 e. The van der Waals surface area contributed by atoms with Crippen molar-refractivity contribution < 1.29 is 14.3 Å². The van der Waals surface area contributed by atoms with Crippen molar-refractivity contribution in [2.75, 3.05) is 6.54 Å². The second-order valence-electron chi connectivity index (χ2n) is 6.18. The van der Waals surface area contributed by atoms with Gasteiger partial charge in [0.25, 0.3) is 0 Å². The van der Waals surface area contributed by atoms with Gasteiger partial charge in [0.05, 0.1) is 18.7 Å². The van der Waals surface area contributed by atoms with Crippen LogP contribution in [0.1, 0.15) is 25.8 Å². The van der Waals surface area contributed by atoms with E-state index in [2.05, 4.69) is 26.2 Å². The van der Waals surface area contributed by atoms with Crippen LogP contribution in [-0.2, 0) is 16.0 Å². The van der Waals surface area contributed by atoms with Crippen LogP contribution in [0.15, 0.2) is 34.1 Å². The molecule has 0 aliphatic rings. The number of amides is 1. The van der Waals surface area contributed by atoms with E-state index in [0.717, 1.165) is 20.7 Å². The summed E-state index contributed by atoms with van der Waals surface area (Å²) in [6, 6.07) is 7.79. The Labute approximate surface area is 153 Å². The van der Waals surface area contributed by atoms with E-state index in [-0.39, 0.29) is 18.7 Å². The molecular formula is C17H19BrN2O3S. The van der Waals surface area contributed by atoms with Gasteiger partial charge >= 0.3 is 6.09 Å². The van der Waals surface area contributed by atoms with E-state index in [1.807, 2.05) is 29.6 Å². The van der Waals surface area contributed by atoms with Gasteiger partial charge in [-0.25, -0.2) is 9.78 Å². The smallest absolute Gasteiger partial charge is 0.408 e. The maximum atomic E-state index is 12.0. The molecule has 2 aromatic rings. The van der Waals surface area contributed by atoms with Gasteiger partial charge in [0, 0.05) is 15.4 Å². The fourth-order valence-electron chi connectivity index (χ4n) is 1.90. The Morgan fingerprint density at radius 1 is 1.29 bits per heavy atom. The summed E-state index contributed by atoms with van der Waals surface area (Å²) in [5.74, 6) is -0.117. The molecule has 0 radical (unpaired) electrons. The van der Waals surface area contributed by atoms with Crippen LogP contribution >= 0.6 is 27.3 Å². The number of alkyl carbamates (subject to hydrolysis) is 1. The number of ketones is 1. The summed E-state index contributed by atoms with van der Waals surface area (Å²) in [6.07, 6.45) is -0.408. The van der Waals surface area contributed by atoms with Gasteiger partial charge in [0.15, 0.2) is 5.78 Å². The molecule has 0 atom stereocenters. The van der Waals surface area contributed by atoms with Crippen molar-refractivity contribution in [3.8, 4) is 11.3 Å². The number of thiazole rings is 1. The minimum absolute atomic E-state index is 0.0706. The number of benzene rings is 1. The third kappa shape index (κ3) is 5.72. The van der Waals surface area contributed by atoms with Crippen LogP contribution in [0.2, 0.25) is 0 Å². The summed E-state index contributed by atoms with van der Waals surface area (Å²) >= 11 is 4.92. The zero-order chi connectivity index (χ0) is 17.7. The van der Waals surface area contributed by atoms with Crippen molar-refractivity contribution in [3.63, 3.8) is 0 Å². The second-order valence-corrected chi connectivity index (χ2v) is 7.97. The predicted molar refractivity (Wildman–Crippen MR) is 98.2 cm³/mol. The summed E-state index contributed by atoms with van der Waals surface area (Å²) in [5, 5.41) is 5.11. The largest absolute Gasteiger partial charge is 0.444 e. The van der Waals surface area contributed by atoms with Crippen molar-refractivity contribution in [2.24, 2.45) is 0 Å². The third-order valence-corrected chi connectivity index (χ3v) is 4.42. The van der Waals surface area contributed by atoms with E-state index in [9.17, 15) is 9.59 Å². The molecule has 1 heterocycles. The zero-order valence-corrected chi connectivity index (χ0v) is 16.2. The number of nitrogens with one attached hydrogen (secondary N) is 1. The van der Waals surface area contributed by atoms with Gasteiger partial charge in [0.1, 0.15) is 10.6 Å². The number of carbonyl (C=O) groups is 2. The molecule has 128 valence electrons. The molecule has 0 saturated carbocycles. The van der Waals surface area contributed by atoms with Crippen LogP contribution in [0, 0.1) is 0 Å². The Balaban J connectivity index is 1.89. The van der Waals surface area contributed by atoms with E-state index < -0.39 is 11.7 Å². The second kappa shape index (κ2) is 7.90. The number of hydrogen-bond acceptors (Lipinski definition) is 5. The van der Waals surface area contributed by atoms with Crippen LogP contribution in [0.3, 0.4) is 0 Å². The molecule has 0 unspecified atom stereocenters. The first-order valence-corrected chi connectivity index (χ1v) is 9.10.